The molecule has 0 aliphatic carbocycles. The maximum absolute atomic E-state index is 14.7. The Labute approximate surface area is 171 Å². The lowest BCUT2D eigenvalue weighted by Gasteiger charge is -2.19. The number of aromatic carboxylic acids is 1. The fourth-order valence-electron chi connectivity index (χ4n) is 3.67. The molecule has 1 atom stereocenters. The predicted molar refractivity (Wildman–Crippen MR) is 111 cm³/mol. The quantitative estimate of drug-likeness (QED) is 0.485. The van der Waals surface area contributed by atoms with Gasteiger partial charge >= 0.3 is 5.97 Å². The van der Waals surface area contributed by atoms with Gasteiger partial charge in [-0.2, -0.15) is 0 Å². The SMILES string of the molecule is NCc1ccc(CNC2CCN(c3nc4[nH]cc(C(=O)O)c(=O)c4cc3F)C2)cc1. The van der Waals surface area contributed by atoms with E-state index in [4.69, 9.17) is 10.8 Å². The summed E-state index contributed by atoms with van der Waals surface area (Å²) in [6.45, 7) is 2.41. The first kappa shape index (κ1) is 20.0. The molecular formula is C21H22FN5O3. The molecule has 8 nitrogen and oxygen atoms in total. The average molecular weight is 411 g/mol. The Hall–Kier alpha value is -3.30. The summed E-state index contributed by atoms with van der Waals surface area (Å²) in [6.07, 6.45) is 1.92. The van der Waals surface area contributed by atoms with Crippen molar-refractivity contribution < 1.29 is 14.3 Å². The number of halogens is 1. The molecule has 0 amide bonds. The van der Waals surface area contributed by atoms with Crippen LogP contribution in [-0.2, 0) is 13.1 Å². The van der Waals surface area contributed by atoms with Gasteiger partial charge in [-0.25, -0.2) is 14.2 Å². The third-order valence-corrected chi connectivity index (χ3v) is 5.37. The zero-order valence-electron chi connectivity index (χ0n) is 16.2. The number of aromatic nitrogens is 2. The van der Waals surface area contributed by atoms with Crippen molar-refractivity contribution in [1.82, 2.24) is 15.3 Å². The number of aromatic amines is 1. The minimum Gasteiger partial charge on any atom is -0.477 e. The lowest BCUT2D eigenvalue weighted by molar-refractivity contribution is 0.0695. The van der Waals surface area contributed by atoms with E-state index in [0.29, 0.717) is 26.2 Å². The van der Waals surface area contributed by atoms with Crippen molar-refractivity contribution in [3.05, 3.63) is 69.3 Å². The molecule has 1 aliphatic heterocycles. The van der Waals surface area contributed by atoms with Crippen LogP contribution in [0.1, 0.15) is 27.9 Å². The highest BCUT2D eigenvalue weighted by Crippen LogP contribution is 2.24. The molecule has 0 bridgehead atoms. The number of H-pyrrole nitrogens is 1. The molecule has 1 fully saturated rings. The van der Waals surface area contributed by atoms with E-state index in [9.17, 15) is 14.0 Å². The number of nitrogens with one attached hydrogen (secondary N) is 2. The van der Waals surface area contributed by atoms with Gasteiger partial charge in [0.2, 0.25) is 5.43 Å². The van der Waals surface area contributed by atoms with Crippen LogP contribution in [0.5, 0.6) is 0 Å². The van der Waals surface area contributed by atoms with E-state index in [-0.39, 0.29) is 22.9 Å². The monoisotopic (exact) mass is 411 g/mol. The van der Waals surface area contributed by atoms with Gasteiger partial charge in [-0.05, 0) is 23.6 Å². The highest BCUT2D eigenvalue weighted by Gasteiger charge is 2.26. The van der Waals surface area contributed by atoms with E-state index < -0.39 is 22.8 Å². The van der Waals surface area contributed by atoms with E-state index in [1.807, 2.05) is 29.2 Å². The smallest absolute Gasteiger partial charge is 0.341 e. The van der Waals surface area contributed by atoms with Crippen molar-refractivity contribution in [1.29, 1.82) is 0 Å². The molecule has 1 aromatic carbocycles. The third kappa shape index (κ3) is 3.89. The zero-order valence-corrected chi connectivity index (χ0v) is 16.2. The van der Waals surface area contributed by atoms with Crippen molar-refractivity contribution in [2.24, 2.45) is 5.73 Å². The molecule has 1 unspecified atom stereocenters. The second-order valence-corrected chi connectivity index (χ2v) is 7.36. The Bertz CT molecular complexity index is 1150. The van der Waals surface area contributed by atoms with Crippen LogP contribution in [-0.4, -0.2) is 40.2 Å². The van der Waals surface area contributed by atoms with Gasteiger partial charge in [-0.15, -0.1) is 0 Å². The summed E-state index contributed by atoms with van der Waals surface area (Å²) in [5, 5.41) is 12.5. The second-order valence-electron chi connectivity index (χ2n) is 7.36. The fraction of sp³-hybridized carbons (Fsp3) is 0.286. The first-order valence-corrected chi connectivity index (χ1v) is 9.67. The first-order chi connectivity index (χ1) is 14.5. The first-order valence-electron chi connectivity index (χ1n) is 9.67. The largest absolute Gasteiger partial charge is 0.477 e. The molecule has 3 heterocycles. The molecule has 5 N–H and O–H groups in total. The van der Waals surface area contributed by atoms with Crippen LogP contribution in [0.15, 0.2) is 41.3 Å². The summed E-state index contributed by atoms with van der Waals surface area (Å²) < 4.78 is 14.7. The standard InChI is InChI=1S/C21H22FN5O3/c22-17-7-15-18(28)16(21(29)30)10-25-19(15)26-20(17)27-6-5-14(11-27)24-9-13-3-1-12(8-23)2-4-13/h1-4,7,10,14,24H,5-6,8-9,11,23H2,(H,29,30)(H,25,26,28). The van der Waals surface area contributed by atoms with Gasteiger partial charge in [-0.1, -0.05) is 24.3 Å². The Balaban J connectivity index is 1.48. The second kappa shape index (κ2) is 8.21. The highest BCUT2D eigenvalue weighted by molar-refractivity contribution is 5.91. The Kier molecular flexibility index (Phi) is 5.47. The molecule has 1 saturated heterocycles. The van der Waals surface area contributed by atoms with E-state index in [0.717, 1.165) is 29.8 Å². The van der Waals surface area contributed by atoms with Crippen molar-refractivity contribution in [2.75, 3.05) is 18.0 Å². The number of carboxylic acid groups (broad SMARTS) is 1. The normalized spacial score (nSPS) is 16.3. The molecule has 4 rings (SSSR count). The number of nitrogens with zero attached hydrogens (tertiary/aromatic N) is 2. The van der Waals surface area contributed by atoms with Crippen LogP contribution in [0.2, 0.25) is 0 Å². The van der Waals surface area contributed by atoms with Crippen LogP contribution in [0.4, 0.5) is 10.2 Å². The van der Waals surface area contributed by atoms with E-state index >= 15 is 0 Å². The highest BCUT2D eigenvalue weighted by atomic mass is 19.1. The molecule has 0 radical (unpaired) electrons. The summed E-state index contributed by atoms with van der Waals surface area (Å²) in [6, 6.07) is 9.31. The van der Waals surface area contributed by atoms with E-state index in [1.165, 1.54) is 0 Å². The van der Waals surface area contributed by atoms with Gasteiger partial charge in [0.1, 0.15) is 11.2 Å². The molecule has 0 saturated carbocycles. The van der Waals surface area contributed by atoms with Crippen molar-refractivity contribution in [3.8, 4) is 0 Å². The molecule has 0 spiro atoms. The van der Waals surface area contributed by atoms with Crippen LogP contribution < -0.4 is 21.4 Å². The number of carbonyl (C=O) groups is 1. The van der Waals surface area contributed by atoms with Gasteiger partial charge in [0.05, 0.1) is 5.39 Å². The molecular weight excluding hydrogens is 389 g/mol. The molecule has 156 valence electrons. The van der Waals surface area contributed by atoms with Gasteiger partial charge < -0.3 is 26.0 Å². The van der Waals surface area contributed by atoms with Crippen LogP contribution in [0.3, 0.4) is 0 Å². The fourth-order valence-corrected chi connectivity index (χ4v) is 3.67. The maximum Gasteiger partial charge on any atom is 0.341 e. The average Bonchev–Trinajstić information content (AvgIpc) is 3.21. The minimum atomic E-state index is -1.37. The Morgan fingerprint density at radius 2 is 2.07 bits per heavy atom. The Morgan fingerprint density at radius 1 is 1.33 bits per heavy atom. The number of hydrogen-bond donors (Lipinski definition) is 4. The molecule has 3 aromatic rings. The molecule has 2 aromatic heterocycles. The summed E-state index contributed by atoms with van der Waals surface area (Å²) in [7, 11) is 0. The van der Waals surface area contributed by atoms with Crippen molar-refractivity contribution >= 4 is 22.8 Å². The van der Waals surface area contributed by atoms with Gasteiger partial charge in [-0.3, -0.25) is 4.79 Å². The number of hydrogen-bond acceptors (Lipinski definition) is 6. The topological polar surface area (TPSA) is 124 Å². The van der Waals surface area contributed by atoms with Gasteiger partial charge in [0.25, 0.3) is 0 Å². The predicted octanol–water partition coefficient (Wildman–Crippen LogP) is 1.59. The van der Waals surface area contributed by atoms with Crippen molar-refractivity contribution in [2.45, 2.75) is 25.6 Å². The lowest BCUT2D eigenvalue weighted by Crippen LogP contribution is -2.32. The van der Waals surface area contributed by atoms with Gasteiger partial charge in [0, 0.05) is 38.4 Å². The number of pyridine rings is 2. The molecule has 1 aliphatic rings. The summed E-state index contributed by atoms with van der Waals surface area (Å²) in [5.41, 5.74) is 6.81. The summed E-state index contributed by atoms with van der Waals surface area (Å²) >= 11 is 0. The van der Waals surface area contributed by atoms with Crippen molar-refractivity contribution in [3.63, 3.8) is 0 Å². The number of rotatable bonds is 6. The van der Waals surface area contributed by atoms with E-state index in [1.54, 1.807) is 0 Å². The number of anilines is 1. The number of carboxylic acids is 1. The number of benzene rings is 1. The van der Waals surface area contributed by atoms with Crippen LogP contribution >= 0.6 is 0 Å². The van der Waals surface area contributed by atoms with Crippen LogP contribution in [0, 0.1) is 5.82 Å². The number of nitrogens with two attached hydrogens (primary N) is 1. The van der Waals surface area contributed by atoms with Crippen LogP contribution in [0.25, 0.3) is 11.0 Å². The third-order valence-electron chi connectivity index (χ3n) is 5.37. The molecule has 9 heteroatoms. The van der Waals surface area contributed by atoms with E-state index in [2.05, 4.69) is 15.3 Å². The minimum absolute atomic E-state index is 0.0778. The number of fused-ring (bicyclic) bond motifs is 1. The Morgan fingerprint density at radius 3 is 2.77 bits per heavy atom. The zero-order chi connectivity index (χ0) is 21.3. The van der Waals surface area contributed by atoms with Gasteiger partial charge in [0.15, 0.2) is 11.6 Å². The summed E-state index contributed by atoms with van der Waals surface area (Å²) in [5.74, 6) is -1.86. The summed E-state index contributed by atoms with van der Waals surface area (Å²) in [4.78, 5) is 32.1. The lowest BCUT2D eigenvalue weighted by atomic mass is 10.1. The molecule has 30 heavy (non-hydrogen) atoms. The maximum atomic E-state index is 14.7.